The van der Waals surface area contributed by atoms with Crippen molar-refractivity contribution >= 4 is 17.9 Å². The molecule has 18 heavy (non-hydrogen) atoms. The van der Waals surface area contributed by atoms with Gasteiger partial charge in [-0.15, -0.1) is 0 Å². The molecule has 0 rings (SSSR count). The Balaban J connectivity index is -0.0000000742. The van der Waals surface area contributed by atoms with E-state index >= 15 is 0 Å². The number of rotatable bonds is 2. The van der Waals surface area contributed by atoms with Crippen molar-refractivity contribution in [2.75, 3.05) is 13.7 Å². The number of aliphatic carboxylic acids is 3. The molecule has 0 aromatic rings. The predicted octanol–water partition coefficient (Wildman–Crippen LogP) is 0.286. The van der Waals surface area contributed by atoms with E-state index in [1.165, 1.54) is 0 Å². The van der Waals surface area contributed by atoms with E-state index in [0.717, 1.165) is 20.8 Å². The lowest BCUT2D eigenvalue weighted by Crippen LogP contribution is -2.07. The molecule has 0 aliphatic rings. The summed E-state index contributed by atoms with van der Waals surface area (Å²) in [4.78, 5) is 27.0. The summed E-state index contributed by atoms with van der Waals surface area (Å²) in [5.41, 5.74) is 0. The van der Waals surface area contributed by atoms with E-state index in [1.807, 2.05) is 0 Å². The molecule has 0 aromatic heterocycles. The molecule has 8 heteroatoms. The highest BCUT2D eigenvalue weighted by Gasteiger charge is 1.87. The van der Waals surface area contributed by atoms with E-state index < -0.39 is 17.9 Å². The first-order chi connectivity index (χ1) is 7.97. The van der Waals surface area contributed by atoms with Gasteiger partial charge in [-0.3, -0.25) is 14.4 Å². The molecule has 0 amide bonds. The fraction of sp³-hybridized carbons (Fsp3) is 0.700. The Kier molecular flexibility index (Phi) is 29.0. The first-order valence-corrected chi connectivity index (χ1v) is 4.72. The predicted molar refractivity (Wildman–Crippen MR) is 63.5 cm³/mol. The van der Waals surface area contributed by atoms with E-state index in [2.05, 4.69) is 4.74 Å². The zero-order valence-corrected chi connectivity index (χ0v) is 11.2. The molecule has 0 saturated heterocycles. The molecule has 4 N–H and O–H groups in total. The van der Waals surface area contributed by atoms with Crippen molar-refractivity contribution in [3.8, 4) is 0 Å². The largest absolute Gasteiger partial charge is 0.481 e. The lowest BCUT2D eigenvalue weighted by Gasteiger charge is -1.97. The van der Waals surface area contributed by atoms with Crippen LogP contribution in [0.5, 0.6) is 0 Å². The lowest BCUT2D eigenvalue weighted by molar-refractivity contribution is -0.135. The van der Waals surface area contributed by atoms with Gasteiger partial charge in [0.15, 0.2) is 0 Å². The van der Waals surface area contributed by atoms with Gasteiger partial charge in [-0.2, -0.15) is 0 Å². The minimum atomic E-state index is -0.833. The van der Waals surface area contributed by atoms with Crippen LogP contribution in [0.15, 0.2) is 0 Å². The van der Waals surface area contributed by atoms with Gasteiger partial charge < -0.3 is 25.2 Å². The summed E-state index contributed by atoms with van der Waals surface area (Å²) in [7, 11) is 1.56. The molecule has 0 bridgehead atoms. The molecular formula is C10H22O8. The molecule has 0 heterocycles. The van der Waals surface area contributed by atoms with Gasteiger partial charge in [0.1, 0.15) is 0 Å². The topological polar surface area (TPSA) is 141 Å². The monoisotopic (exact) mass is 270 g/mol. The number of aliphatic hydroxyl groups excluding tert-OH is 1. The summed E-state index contributed by atoms with van der Waals surface area (Å²) >= 11 is 0. The molecule has 110 valence electrons. The maximum absolute atomic E-state index is 9.00. The van der Waals surface area contributed by atoms with Crippen molar-refractivity contribution in [3.05, 3.63) is 0 Å². The zero-order chi connectivity index (χ0) is 15.7. The zero-order valence-electron chi connectivity index (χ0n) is 11.2. The van der Waals surface area contributed by atoms with Crippen LogP contribution in [0, 0.1) is 0 Å². The number of ether oxygens (including phenoxy) is 1. The maximum atomic E-state index is 9.00. The molecule has 0 radical (unpaired) electrons. The second kappa shape index (κ2) is 20.7. The molecule has 1 unspecified atom stereocenters. The Morgan fingerprint density at radius 2 is 1.11 bits per heavy atom. The summed E-state index contributed by atoms with van der Waals surface area (Å²) in [5, 5.41) is 30.7. The summed E-state index contributed by atoms with van der Waals surface area (Å²) < 4.78 is 4.55. The second-order valence-electron chi connectivity index (χ2n) is 2.86. The van der Waals surface area contributed by atoms with Gasteiger partial charge in [0, 0.05) is 27.9 Å². The van der Waals surface area contributed by atoms with Gasteiger partial charge in [0.05, 0.1) is 12.7 Å². The quantitative estimate of drug-likeness (QED) is 0.560. The third-order valence-electron chi connectivity index (χ3n) is 0.408. The van der Waals surface area contributed by atoms with Crippen LogP contribution in [0.1, 0.15) is 27.7 Å². The van der Waals surface area contributed by atoms with Crippen LogP contribution in [0.3, 0.4) is 0 Å². The van der Waals surface area contributed by atoms with Gasteiger partial charge in [-0.1, -0.05) is 0 Å². The summed E-state index contributed by atoms with van der Waals surface area (Å²) in [5.74, 6) is -2.50. The van der Waals surface area contributed by atoms with Crippen LogP contribution >= 0.6 is 0 Å². The van der Waals surface area contributed by atoms with Crippen molar-refractivity contribution < 1.29 is 39.5 Å². The number of carboxylic acid groups (broad SMARTS) is 3. The van der Waals surface area contributed by atoms with Crippen molar-refractivity contribution in [2.24, 2.45) is 0 Å². The molecule has 0 spiro atoms. The Morgan fingerprint density at radius 3 is 1.11 bits per heavy atom. The lowest BCUT2D eigenvalue weighted by atomic mass is 10.5. The molecular weight excluding hydrogens is 248 g/mol. The minimum Gasteiger partial charge on any atom is -0.481 e. The number of carboxylic acids is 3. The molecule has 0 fully saturated rings. The van der Waals surface area contributed by atoms with Crippen LogP contribution < -0.4 is 0 Å². The summed E-state index contributed by atoms with van der Waals surface area (Å²) in [6.45, 7) is 5.36. The molecule has 0 aliphatic carbocycles. The van der Waals surface area contributed by atoms with Gasteiger partial charge in [0.2, 0.25) is 0 Å². The maximum Gasteiger partial charge on any atom is 0.300 e. The van der Waals surface area contributed by atoms with Gasteiger partial charge in [-0.25, -0.2) is 0 Å². The molecule has 0 aliphatic heterocycles. The highest BCUT2D eigenvalue weighted by molar-refractivity contribution is 5.63. The van der Waals surface area contributed by atoms with E-state index in [4.69, 9.17) is 34.8 Å². The van der Waals surface area contributed by atoms with Crippen LogP contribution in [0.2, 0.25) is 0 Å². The van der Waals surface area contributed by atoms with Crippen LogP contribution in [-0.2, 0) is 19.1 Å². The standard InChI is InChI=1S/C4H10O2.3C2H4O2/c1-4(5)3-6-2;3*1-2(3)4/h4-5H,3H2,1-2H3;3*1H3,(H,3,4). The van der Waals surface area contributed by atoms with E-state index in [1.54, 1.807) is 14.0 Å². The number of aliphatic hydroxyl groups is 1. The van der Waals surface area contributed by atoms with Gasteiger partial charge in [0.25, 0.3) is 17.9 Å². The van der Waals surface area contributed by atoms with Crippen LogP contribution in [0.4, 0.5) is 0 Å². The Morgan fingerprint density at radius 1 is 0.944 bits per heavy atom. The van der Waals surface area contributed by atoms with E-state index in [0.29, 0.717) is 6.61 Å². The van der Waals surface area contributed by atoms with Crippen molar-refractivity contribution in [2.45, 2.75) is 33.8 Å². The highest BCUT2D eigenvalue weighted by atomic mass is 16.5. The van der Waals surface area contributed by atoms with Crippen molar-refractivity contribution in [3.63, 3.8) is 0 Å². The highest BCUT2D eigenvalue weighted by Crippen LogP contribution is 1.75. The number of hydrogen-bond acceptors (Lipinski definition) is 5. The number of carbonyl (C=O) groups is 3. The first-order valence-electron chi connectivity index (χ1n) is 4.72. The molecule has 8 nitrogen and oxygen atoms in total. The number of methoxy groups -OCH3 is 1. The molecule has 0 saturated carbocycles. The van der Waals surface area contributed by atoms with E-state index in [9.17, 15) is 0 Å². The first kappa shape index (κ1) is 25.2. The molecule has 1 atom stereocenters. The van der Waals surface area contributed by atoms with Gasteiger partial charge in [-0.05, 0) is 6.92 Å². The van der Waals surface area contributed by atoms with E-state index in [-0.39, 0.29) is 6.10 Å². The average Bonchev–Trinajstić information content (AvgIpc) is 1.98. The van der Waals surface area contributed by atoms with Crippen molar-refractivity contribution in [1.82, 2.24) is 0 Å². The normalized spacial score (nSPS) is 9.00. The number of hydrogen-bond donors (Lipinski definition) is 4. The Labute approximate surface area is 106 Å². The summed E-state index contributed by atoms with van der Waals surface area (Å²) in [6, 6.07) is 0. The van der Waals surface area contributed by atoms with Crippen LogP contribution in [-0.4, -0.2) is 58.2 Å². The Bertz CT molecular complexity index is 171. The average molecular weight is 270 g/mol. The SMILES string of the molecule is CC(=O)O.CC(=O)O.CC(=O)O.COCC(C)O. The molecule has 0 aromatic carbocycles. The fourth-order valence-corrected chi connectivity index (χ4v) is 0.241. The smallest absolute Gasteiger partial charge is 0.300 e. The van der Waals surface area contributed by atoms with Crippen LogP contribution in [0.25, 0.3) is 0 Å². The third-order valence-corrected chi connectivity index (χ3v) is 0.408. The van der Waals surface area contributed by atoms with Crippen molar-refractivity contribution in [1.29, 1.82) is 0 Å². The van der Waals surface area contributed by atoms with Gasteiger partial charge >= 0.3 is 0 Å². The fourth-order valence-electron chi connectivity index (χ4n) is 0.241. The second-order valence-corrected chi connectivity index (χ2v) is 2.86. The Hall–Kier alpha value is -1.67. The third kappa shape index (κ3) is 1440. The summed E-state index contributed by atoms with van der Waals surface area (Å²) in [6.07, 6.45) is -0.324. The minimum absolute atomic E-state index is 0.324.